The second kappa shape index (κ2) is 10.0. The van der Waals surface area contributed by atoms with Crippen LogP contribution in [0.15, 0.2) is 60.3 Å². The van der Waals surface area contributed by atoms with Crippen LogP contribution in [0.2, 0.25) is 0 Å². The molecule has 1 atom stereocenters. The fourth-order valence-electron chi connectivity index (χ4n) is 2.49. The van der Waals surface area contributed by atoms with Crippen LogP contribution in [-0.4, -0.2) is 12.5 Å². The van der Waals surface area contributed by atoms with Gasteiger partial charge in [0.2, 0.25) is 0 Å². The lowest BCUT2D eigenvalue weighted by Crippen LogP contribution is -2.18. The van der Waals surface area contributed by atoms with Crippen molar-refractivity contribution in [2.75, 3.05) is 11.9 Å². The molecule has 140 valence electrons. The molecule has 0 aromatic heterocycles. The largest absolute Gasteiger partial charge is 0.494 e. The second-order valence-corrected chi connectivity index (χ2v) is 6.06. The lowest BCUT2D eigenvalue weighted by atomic mass is 10.1. The van der Waals surface area contributed by atoms with Crippen LogP contribution >= 0.6 is 0 Å². The highest BCUT2D eigenvalue weighted by Crippen LogP contribution is 2.17. The Morgan fingerprint density at radius 1 is 1.15 bits per heavy atom. The van der Waals surface area contributed by atoms with Crippen LogP contribution in [0.1, 0.15) is 37.9 Å². The molecule has 5 nitrogen and oxygen atoms in total. The van der Waals surface area contributed by atoms with E-state index in [2.05, 4.69) is 41.8 Å². The number of aryl methyl sites for hydroxylation is 1. The first-order valence-corrected chi connectivity index (χ1v) is 9.06. The molecule has 0 aliphatic heterocycles. The zero-order chi connectivity index (χ0) is 19.6. The van der Waals surface area contributed by atoms with Gasteiger partial charge in [0.15, 0.2) is 0 Å². The van der Waals surface area contributed by atoms with E-state index in [-0.39, 0.29) is 11.6 Å². The van der Waals surface area contributed by atoms with Gasteiger partial charge in [-0.1, -0.05) is 31.2 Å². The lowest BCUT2D eigenvalue weighted by molar-refractivity contribution is -0.112. The number of nitriles is 1. The summed E-state index contributed by atoms with van der Waals surface area (Å²) in [5.41, 5.74) is 2.98. The van der Waals surface area contributed by atoms with E-state index in [1.807, 2.05) is 19.9 Å². The van der Waals surface area contributed by atoms with Crippen LogP contribution in [0.25, 0.3) is 0 Å². The van der Waals surface area contributed by atoms with Gasteiger partial charge in [0, 0.05) is 17.9 Å². The minimum atomic E-state index is -0.456. The molecule has 27 heavy (non-hydrogen) atoms. The lowest BCUT2D eigenvalue weighted by Gasteiger charge is -2.13. The zero-order valence-corrected chi connectivity index (χ0v) is 16.0. The number of rotatable bonds is 8. The van der Waals surface area contributed by atoms with Crippen molar-refractivity contribution in [3.63, 3.8) is 0 Å². The molecule has 0 saturated carbocycles. The Bertz CT molecular complexity index is 818. The maximum Gasteiger partial charge on any atom is 0.267 e. The van der Waals surface area contributed by atoms with Crippen LogP contribution in [0.5, 0.6) is 5.75 Å². The first-order valence-electron chi connectivity index (χ1n) is 9.06. The van der Waals surface area contributed by atoms with E-state index >= 15 is 0 Å². The number of carbonyl (C=O) groups excluding carboxylic acids is 1. The molecule has 0 bridgehead atoms. The van der Waals surface area contributed by atoms with Crippen LogP contribution in [0.4, 0.5) is 5.69 Å². The average molecular weight is 363 g/mol. The normalized spacial score (nSPS) is 12.0. The molecule has 0 heterocycles. The minimum Gasteiger partial charge on any atom is -0.494 e. The topological polar surface area (TPSA) is 74.1 Å². The van der Waals surface area contributed by atoms with Crippen molar-refractivity contribution in [3.05, 3.63) is 71.4 Å². The summed E-state index contributed by atoms with van der Waals surface area (Å²) in [6.45, 7) is 6.59. The Hall–Kier alpha value is -3.26. The SMILES string of the molecule is CCOc1ccc(NC(=O)/C(C#N)=C\NC(C)c2ccc(CC)cc2)cc1. The van der Waals surface area contributed by atoms with Gasteiger partial charge in [0.25, 0.3) is 5.91 Å². The quantitative estimate of drug-likeness (QED) is 0.540. The summed E-state index contributed by atoms with van der Waals surface area (Å²) in [7, 11) is 0. The molecule has 2 aromatic rings. The van der Waals surface area contributed by atoms with Gasteiger partial charge >= 0.3 is 0 Å². The van der Waals surface area contributed by atoms with Crippen molar-refractivity contribution < 1.29 is 9.53 Å². The summed E-state index contributed by atoms with van der Waals surface area (Å²) < 4.78 is 5.37. The number of nitrogens with zero attached hydrogens (tertiary/aromatic N) is 1. The monoisotopic (exact) mass is 363 g/mol. The molecule has 1 amide bonds. The predicted molar refractivity (Wildman–Crippen MR) is 107 cm³/mol. The van der Waals surface area contributed by atoms with Crippen LogP contribution in [-0.2, 0) is 11.2 Å². The van der Waals surface area contributed by atoms with Crippen LogP contribution in [0, 0.1) is 11.3 Å². The summed E-state index contributed by atoms with van der Waals surface area (Å²) in [4.78, 5) is 12.3. The van der Waals surface area contributed by atoms with Crippen molar-refractivity contribution in [2.45, 2.75) is 33.2 Å². The van der Waals surface area contributed by atoms with Gasteiger partial charge in [0.1, 0.15) is 17.4 Å². The van der Waals surface area contributed by atoms with Gasteiger partial charge in [-0.15, -0.1) is 0 Å². The average Bonchev–Trinajstić information content (AvgIpc) is 2.70. The highest BCUT2D eigenvalue weighted by atomic mass is 16.5. The van der Waals surface area contributed by atoms with E-state index in [0.717, 1.165) is 17.7 Å². The Morgan fingerprint density at radius 3 is 2.37 bits per heavy atom. The Morgan fingerprint density at radius 2 is 1.81 bits per heavy atom. The van der Waals surface area contributed by atoms with Crippen LogP contribution < -0.4 is 15.4 Å². The molecule has 2 N–H and O–H groups in total. The number of anilines is 1. The molecule has 2 aromatic carbocycles. The van der Waals surface area contributed by atoms with Crippen molar-refractivity contribution in [3.8, 4) is 11.8 Å². The third kappa shape index (κ3) is 5.89. The molecule has 0 saturated heterocycles. The van der Waals surface area contributed by atoms with Gasteiger partial charge in [-0.3, -0.25) is 4.79 Å². The third-order valence-electron chi connectivity index (χ3n) is 4.15. The molecular formula is C22H25N3O2. The molecule has 2 rings (SSSR count). The van der Waals surface area contributed by atoms with E-state index in [4.69, 9.17) is 4.74 Å². The number of carbonyl (C=O) groups is 1. The van der Waals surface area contributed by atoms with Crippen molar-refractivity contribution in [1.29, 1.82) is 5.26 Å². The molecule has 0 spiro atoms. The van der Waals surface area contributed by atoms with E-state index in [0.29, 0.717) is 12.3 Å². The van der Waals surface area contributed by atoms with Crippen molar-refractivity contribution >= 4 is 11.6 Å². The van der Waals surface area contributed by atoms with Gasteiger partial charge < -0.3 is 15.4 Å². The molecular weight excluding hydrogens is 338 g/mol. The highest BCUT2D eigenvalue weighted by molar-refractivity contribution is 6.06. The number of nitrogens with one attached hydrogen (secondary N) is 2. The summed E-state index contributed by atoms with van der Waals surface area (Å²) in [6.07, 6.45) is 2.45. The fourth-order valence-corrected chi connectivity index (χ4v) is 2.49. The second-order valence-electron chi connectivity index (χ2n) is 6.06. The zero-order valence-electron chi connectivity index (χ0n) is 16.0. The van der Waals surface area contributed by atoms with Crippen molar-refractivity contribution in [2.24, 2.45) is 0 Å². The first-order chi connectivity index (χ1) is 13.1. The molecule has 5 heteroatoms. The summed E-state index contributed by atoms with van der Waals surface area (Å²) >= 11 is 0. The van der Waals surface area contributed by atoms with E-state index in [1.165, 1.54) is 11.8 Å². The maximum absolute atomic E-state index is 12.3. The molecule has 0 aliphatic carbocycles. The van der Waals surface area contributed by atoms with Gasteiger partial charge in [-0.25, -0.2) is 0 Å². The summed E-state index contributed by atoms with van der Waals surface area (Å²) in [6, 6.07) is 17.2. The van der Waals surface area contributed by atoms with E-state index < -0.39 is 5.91 Å². The third-order valence-corrected chi connectivity index (χ3v) is 4.15. The van der Waals surface area contributed by atoms with Crippen molar-refractivity contribution in [1.82, 2.24) is 5.32 Å². The first kappa shape index (κ1) is 20.1. The fraction of sp³-hybridized carbons (Fsp3) is 0.273. The van der Waals surface area contributed by atoms with Gasteiger partial charge in [-0.05, 0) is 55.7 Å². The number of benzene rings is 2. The molecule has 0 radical (unpaired) electrons. The summed E-state index contributed by atoms with van der Waals surface area (Å²) in [5.74, 6) is 0.277. The predicted octanol–water partition coefficient (Wildman–Crippen LogP) is 4.34. The Kier molecular flexibility index (Phi) is 7.45. The maximum atomic E-state index is 12.3. The summed E-state index contributed by atoms with van der Waals surface area (Å²) in [5, 5.41) is 15.1. The Balaban J connectivity index is 1.99. The van der Waals surface area contributed by atoms with E-state index in [1.54, 1.807) is 24.3 Å². The van der Waals surface area contributed by atoms with Crippen LogP contribution in [0.3, 0.4) is 0 Å². The molecule has 1 unspecified atom stereocenters. The van der Waals surface area contributed by atoms with Gasteiger partial charge in [0.05, 0.1) is 6.61 Å². The van der Waals surface area contributed by atoms with Gasteiger partial charge in [-0.2, -0.15) is 5.26 Å². The highest BCUT2D eigenvalue weighted by Gasteiger charge is 2.11. The molecule has 0 fully saturated rings. The minimum absolute atomic E-state index is 0.0147. The van der Waals surface area contributed by atoms with E-state index in [9.17, 15) is 10.1 Å². The Labute approximate surface area is 160 Å². The standard InChI is InChI=1S/C22H25N3O2/c1-4-17-6-8-18(9-7-17)16(3)24-15-19(14-23)22(26)25-20-10-12-21(13-11-20)27-5-2/h6-13,15-16,24H,4-5H2,1-3H3,(H,25,26)/b19-15-. The molecule has 0 aliphatic rings. The number of amides is 1. The number of hydrogen-bond donors (Lipinski definition) is 2. The number of hydrogen-bond acceptors (Lipinski definition) is 4. The number of ether oxygens (including phenoxy) is 1. The smallest absolute Gasteiger partial charge is 0.267 e.